The number of benzene rings is 1. The van der Waals surface area contributed by atoms with Gasteiger partial charge in [-0.2, -0.15) is 5.26 Å². The van der Waals surface area contributed by atoms with Crippen molar-refractivity contribution in [1.29, 1.82) is 5.26 Å². The van der Waals surface area contributed by atoms with Crippen molar-refractivity contribution in [1.82, 2.24) is 14.5 Å². The molecule has 0 amide bonds. The van der Waals surface area contributed by atoms with Crippen molar-refractivity contribution in [3.05, 3.63) is 53.4 Å². The minimum Gasteiger partial charge on any atom is -0.385 e. The molecule has 1 atom stereocenters. The first-order chi connectivity index (χ1) is 11.6. The van der Waals surface area contributed by atoms with Crippen LogP contribution in [0, 0.1) is 23.1 Å². The number of aryl methyl sites for hydroxylation is 1. The van der Waals surface area contributed by atoms with Gasteiger partial charge in [-0.15, -0.1) is 0 Å². The van der Waals surface area contributed by atoms with Crippen molar-refractivity contribution >= 4 is 0 Å². The molecule has 1 saturated heterocycles. The molecule has 0 spiro atoms. The smallest absolute Gasteiger partial charge is 0.137 e. The number of aliphatic hydroxyl groups excluding tert-OH is 1. The van der Waals surface area contributed by atoms with E-state index in [4.69, 9.17) is 5.26 Å². The van der Waals surface area contributed by atoms with Crippen molar-refractivity contribution in [3.8, 4) is 6.07 Å². The quantitative estimate of drug-likeness (QED) is 0.936. The van der Waals surface area contributed by atoms with Gasteiger partial charge in [0, 0.05) is 31.5 Å². The lowest BCUT2D eigenvalue weighted by atomic mass is 9.90. The topological polar surface area (TPSA) is 65.1 Å². The van der Waals surface area contributed by atoms with Crippen LogP contribution in [0.2, 0.25) is 0 Å². The minimum absolute atomic E-state index is 0.164. The first-order valence-electron chi connectivity index (χ1n) is 8.14. The summed E-state index contributed by atoms with van der Waals surface area (Å²) < 4.78 is 15.8. The van der Waals surface area contributed by atoms with Crippen molar-refractivity contribution < 1.29 is 9.50 Å². The van der Waals surface area contributed by atoms with Crippen LogP contribution >= 0.6 is 0 Å². The largest absolute Gasteiger partial charge is 0.385 e. The molecule has 0 saturated carbocycles. The maximum Gasteiger partial charge on any atom is 0.137 e. The summed E-state index contributed by atoms with van der Waals surface area (Å²) >= 11 is 0. The second-order valence-corrected chi connectivity index (χ2v) is 6.37. The van der Waals surface area contributed by atoms with Gasteiger partial charge in [0.05, 0.1) is 11.6 Å². The summed E-state index contributed by atoms with van der Waals surface area (Å²) in [5.74, 6) is 0.586. The van der Waals surface area contributed by atoms with Crippen LogP contribution in [0.5, 0.6) is 0 Å². The standard InChI is InChI=1S/C18H21FN4O/c1-22-9-6-21-18(22)17(24)14-4-7-23(8-5-14)12-15-10-13(11-20)2-3-16(15)19/h2-3,6,9-10,14,17,24H,4-5,7-8,12H2,1H3. The van der Waals surface area contributed by atoms with E-state index in [1.54, 1.807) is 12.3 Å². The van der Waals surface area contributed by atoms with Crippen molar-refractivity contribution in [2.45, 2.75) is 25.5 Å². The Labute approximate surface area is 141 Å². The number of likely N-dealkylation sites (tertiary alicyclic amines) is 1. The summed E-state index contributed by atoms with van der Waals surface area (Å²) in [6, 6.07) is 6.51. The first kappa shape index (κ1) is 16.6. The molecule has 0 aliphatic carbocycles. The Kier molecular flexibility index (Phi) is 4.93. The Hall–Kier alpha value is -2.23. The Balaban J connectivity index is 1.60. The highest BCUT2D eigenvalue weighted by molar-refractivity contribution is 5.33. The van der Waals surface area contributed by atoms with Crippen LogP contribution in [0.4, 0.5) is 4.39 Å². The number of halogens is 1. The maximum atomic E-state index is 13.9. The second-order valence-electron chi connectivity index (χ2n) is 6.37. The van der Waals surface area contributed by atoms with Crippen LogP contribution in [-0.4, -0.2) is 32.6 Å². The van der Waals surface area contributed by atoms with Crippen LogP contribution in [-0.2, 0) is 13.6 Å². The fourth-order valence-corrected chi connectivity index (χ4v) is 3.31. The van der Waals surface area contributed by atoms with Crippen LogP contribution in [0.3, 0.4) is 0 Å². The molecule has 2 heterocycles. The number of aliphatic hydroxyl groups is 1. The second kappa shape index (κ2) is 7.12. The summed E-state index contributed by atoms with van der Waals surface area (Å²) in [5, 5.41) is 19.5. The van der Waals surface area contributed by atoms with Gasteiger partial charge < -0.3 is 9.67 Å². The first-order valence-corrected chi connectivity index (χ1v) is 8.14. The third-order valence-corrected chi connectivity index (χ3v) is 4.77. The third-order valence-electron chi connectivity index (χ3n) is 4.77. The molecule has 1 unspecified atom stereocenters. The molecule has 0 radical (unpaired) electrons. The minimum atomic E-state index is -0.564. The van der Waals surface area contributed by atoms with E-state index in [9.17, 15) is 9.50 Å². The number of rotatable bonds is 4. The number of hydrogen-bond acceptors (Lipinski definition) is 4. The number of nitriles is 1. The SMILES string of the molecule is Cn1ccnc1C(O)C1CCN(Cc2cc(C#N)ccc2F)CC1. The normalized spacial score (nSPS) is 17.6. The van der Waals surface area contributed by atoms with Crippen molar-refractivity contribution in [3.63, 3.8) is 0 Å². The molecule has 5 nitrogen and oxygen atoms in total. The molecular weight excluding hydrogens is 307 g/mol. The van der Waals surface area contributed by atoms with Crippen LogP contribution in [0.15, 0.2) is 30.6 Å². The summed E-state index contributed by atoms with van der Waals surface area (Å²) in [5.41, 5.74) is 1.03. The van der Waals surface area contributed by atoms with Crippen LogP contribution < -0.4 is 0 Å². The van der Waals surface area contributed by atoms with Gasteiger partial charge in [-0.3, -0.25) is 4.90 Å². The summed E-state index contributed by atoms with van der Waals surface area (Å²) in [6.45, 7) is 2.08. The predicted molar refractivity (Wildman–Crippen MR) is 87.3 cm³/mol. The van der Waals surface area contributed by atoms with Crippen molar-refractivity contribution in [2.24, 2.45) is 13.0 Å². The molecule has 6 heteroatoms. The number of hydrogen-bond donors (Lipinski definition) is 1. The lowest BCUT2D eigenvalue weighted by Gasteiger charge is -2.34. The van der Waals surface area contributed by atoms with Gasteiger partial charge in [-0.05, 0) is 50.0 Å². The highest BCUT2D eigenvalue weighted by Gasteiger charge is 2.28. The van der Waals surface area contributed by atoms with E-state index in [1.165, 1.54) is 12.1 Å². The summed E-state index contributed by atoms with van der Waals surface area (Å²) in [6.07, 6.45) is 4.64. The number of aromatic nitrogens is 2. The van der Waals surface area contributed by atoms with Crippen LogP contribution in [0.1, 0.15) is 35.9 Å². The lowest BCUT2D eigenvalue weighted by Crippen LogP contribution is -2.35. The fraction of sp³-hybridized carbons (Fsp3) is 0.444. The molecule has 2 aromatic rings. The molecule has 3 rings (SSSR count). The monoisotopic (exact) mass is 328 g/mol. The Morgan fingerprint density at radius 2 is 2.17 bits per heavy atom. The zero-order valence-electron chi connectivity index (χ0n) is 13.7. The number of nitrogens with zero attached hydrogens (tertiary/aromatic N) is 4. The molecule has 0 bridgehead atoms. The molecule has 24 heavy (non-hydrogen) atoms. The molecule has 1 N–H and O–H groups in total. The van der Waals surface area contributed by atoms with E-state index in [0.29, 0.717) is 23.5 Å². The van der Waals surface area contributed by atoms with Gasteiger partial charge in [-0.25, -0.2) is 9.37 Å². The Bertz CT molecular complexity index is 744. The van der Waals surface area contributed by atoms with Crippen LogP contribution in [0.25, 0.3) is 0 Å². The van der Waals surface area contributed by atoms with E-state index in [1.807, 2.05) is 23.9 Å². The van der Waals surface area contributed by atoms with E-state index >= 15 is 0 Å². The molecule has 1 fully saturated rings. The zero-order valence-corrected chi connectivity index (χ0v) is 13.7. The van der Waals surface area contributed by atoms with E-state index < -0.39 is 6.10 Å². The Morgan fingerprint density at radius 3 is 2.79 bits per heavy atom. The van der Waals surface area contributed by atoms with Gasteiger partial charge in [-0.1, -0.05) is 0 Å². The molecule has 1 aliphatic heterocycles. The molecular formula is C18H21FN4O. The highest BCUT2D eigenvalue weighted by atomic mass is 19.1. The van der Waals surface area contributed by atoms with Gasteiger partial charge in [0.2, 0.25) is 0 Å². The molecule has 1 aliphatic rings. The Morgan fingerprint density at radius 1 is 1.42 bits per heavy atom. The van der Waals surface area contributed by atoms with Gasteiger partial charge in [0.1, 0.15) is 17.7 Å². The molecule has 1 aromatic heterocycles. The van der Waals surface area contributed by atoms with Gasteiger partial charge in [0.25, 0.3) is 0 Å². The highest BCUT2D eigenvalue weighted by Crippen LogP contribution is 2.30. The fourth-order valence-electron chi connectivity index (χ4n) is 3.31. The number of piperidine rings is 1. The predicted octanol–water partition coefficient (Wildman–Crippen LogP) is 2.38. The third kappa shape index (κ3) is 3.48. The zero-order chi connectivity index (χ0) is 17.1. The lowest BCUT2D eigenvalue weighted by molar-refractivity contribution is 0.0489. The average Bonchev–Trinajstić information content (AvgIpc) is 3.03. The van der Waals surface area contributed by atoms with Gasteiger partial charge >= 0.3 is 0 Å². The van der Waals surface area contributed by atoms with Crippen molar-refractivity contribution in [2.75, 3.05) is 13.1 Å². The maximum absolute atomic E-state index is 13.9. The molecule has 1 aromatic carbocycles. The van der Waals surface area contributed by atoms with Gasteiger partial charge in [0.15, 0.2) is 0 Å². The average molecular weight is 328 g/mol. The van der Waals surface area contributed by atoms with E-state index in [2.05, 4.69) is 9.88 Å². The summed E-state index contributed by atoms with van der Waals surface area (Å²) in [7, 11) is 1.88. The summed E-state index contributed by atoms with van der Waals surface area (Å²) in [4.78, 5) is 6.40. The number of imidazole rings is 1. The van der Waals surface area contributed by atoms with E-state index in [-0.39, 0.29) is 11.7 Å². The molecule has 126 valence electrons. The van der Waals surface area contributed by atoms with E-state index in [0.717, 1.165) is 25.9 Å².